The van der Waals surface area contributed by atoms with Crippen LogP contribution in [0.4, 0.5) is 0 Å². The summed E-state index contributed by atoms with van der Waals surface area (Å²) in [5, 5.41) is 0. The summed E-state index contributed by atoms with van der Waals surface area (Å²) in [6.45, 7) is 0. The predicted octanol–water partition coefficient (Wildman–Crippen LogP) is 0.505. The van der Waals surface area contributed by atoms with Crippen LogP contribution in [0.25, 0.3) is 0 Å². The van der Waals surface area contributed by atoms with Crippen molar-refractivity contribution in [2.75, 3.05) is 11.5 Å². The molecule has 0 bridgehead atoms. The highest BCUT2D eigenvalue weighted by Crippen LogP contribution is 2.23. The number of aromatic nitrogens is 2. The quantitative estimate of drug-likeness (QED) is 0.846. The molecule has 0 saturated carbocycles. The van der Waals surface area contributed by atoms with E-state index in [0.717, 1.165) is 31.5 Å². The molecule has 102 valence electrons. The average molecular weight is 271 g/mol. The lowest BCUT2D eigenvalue weighted by Crippen LogP contribution is -2.25. The second-order valence-electron chi connectivity index (χ2n) is 5.26. The highest BCUT2D eigenvalue weighted by atomic mass is 32.2. The molecule has 0 radical (unpaired) electrons. The highest BCUT2D eigenvalue weighted by molar-refractivity contribution is 7.91. The number of aryl methyl sites for hydroxylation is 2. The minimum Gasteiger partial charge on any atom is -0.338 e. The molecule has 2 unspecified atom stereocenters. The van der Waals surface area contributed by atoms with Crippen LogP contribution in [-0.2, 0) is 23.3 Å². The first-order valence-electron chi connectivity index (χ1n) is 6.38. The Kier molecular flexibility index (Phi) is 4.07. The number of nitrogens with zero attached hydrogens (tertiary/aromatic N) is 2. The standard InChI is InChI=1S/C12H21N3O2S/c1-15-6-5-14-12(15)3-2-11(13)8-10-4-7-18(16,17)9-10/h5-6,10-11H,2-4,7-9,13H2,1H3. The van der Waals surface area contributed by atoms with E-state index in [4.69, 9.17) is 5.73 Å². The van der Waals surface area contributed by atoms with Crippen LogP contribution in [0.5, 0.6) is 0 Å². The van der Waals surface area contributed by atoms with E-state index in [9.17, 15) is 8.42 Å². The van der Waals surface area contributed by atoms with E-state index in [1.807, 2.05) is 17.8 Å². The summed E-state index contributed by atoms with van der Waals surface area (Å²) in [6, 6.07) is 0.0694. The Morgan fingerprint density at radius 1 is 1.61 bits per heavy atom. The zero-order chi connectivity index (χ0) is 13.2. The molecule has 1 aliphatic rings. The largest absolute Gasteiger partial charge is 0.338 e. The lowest BCUT2D eigenvalue weighted by atomic mass is 9.97. The molecule has 2 heterocycles. The van der Waals surface area contributed by atoms with Crippen LogP contribution in [0.2, 0.25) is 0 Å². The second-order valence-corrected chi connectivity index (χ2v) is 7.49. The molecule has 1 aromatic rings. The Balaban J connectivity index is 1.76. The Morgan fingerprint density at radius 3 is 2.94 bits per heavy atom. The number of hydrogen-bond donors (Lipinski definition) is 1. The molecule has 0 aliphatic carbocycles. The van der Waals surface area contributed by atoms with Gasteiger partial charge in [-0.25, -0.2) is 13.4 Å². The summed E-state index contributed by atoms with van der Waals surface area (Å²) in [5.41, 5.74) is 6.08. The monoisotopic (exact) mass is 271 g/mol. The summed E-state index contributed by atoms with van der Waals surface area (Å²) in [5.74, 6) is 1.95. The number of sulfone groups is 1. The van der Waals surface area contributed by atoms with Gasteiger partial charge in [0.25, 0.3) is 0 Å². The fourth-order valence-electron chi connectivity index (χ4n) is 2.56. The molecule has 1 saturated heterocycles. The summed E-state index contributed by atoms with van der Waals surface area (Å²) in [6.07, 6.45) is 7.00. The summed E-state index contributed by atoms with van der Waals surface area (Å²) < 4.78 is 24.7. The van der Waals surface area contributed by atoms with E-state index >= 15 is 0 Å². The molecule has 6 heteroatoms. The van der Waals surface area contributed by atoms with Gasteiger partial charge in [-0.2, -0.15) is 0 Å². The van der Waals surface area contributed by atoms with Crippen molar-refractivity contribution in [1.29, 1.82) is 0 Å². The first kappa shape index (κ1) is 13.5. The average Bonchev–Trinajstić information content (AvgIpc) is 2.82. The van der Waals surface area contributed by atoms with Gasteiger partial charge < -0.3 is 10.3 Å². The molecule has 1 aromatic heterocycles. The van der Waals surface area contributed by atoms with Crippen LogP contribution >= 0.6 is 0 Å². The maximum absolute atomic E-state index is 11.4. The van der Waals surface area contributed by atoms with Gasteiger partial charge in [0.1, 0.15) is 5.82 Å². The number of hydrogen-bond acceptors (Lipinski definition) is 4. The SMILES string of the molecule is Cn1ccnc1CCC(N)CC1CCS(=O)(=O)C1. The highest BCUT2D eigenvalue weighted by Gasteiger charge is 2.28. The van der Waals surface area contributed by atoms with Gasteiger partial charge in [0.2, 0.25) is 0 Å². The van der Waals surface area contributed by atoms with Crippen LogP contribution in [0.15, 0.2) is 12.4 Å². The number of imidazole rings is 1. The Hall–Kier alpha value is -0.880. The molecule has 2 rings (SSSR count). The summed E-state index contributed by atoms with van der Waals surface area (Å²) in [7, 11) is -0.808. The zero-order valence-electron chi connectivity index (χ0n) is 10.7. The third kappa shape index (κ3) is 3.55. The van der Waals surface area contributed by atoms with E-state index in [2.05, 4.69) is 4.98 Å². The number of nitrogens with two attached hydrogens (primary N) is 1. The second kappa shape index (κ2) is 5.40. The lowest BCUT2D eigenvalue weighted by Gasteiger charge is -2.15. The maximum Gasteiger partial charge on any atom is 0.150 e. The van der Waals surface area contributed by atoms with E-state index in [0.29, 0.717) is 11.5 Å². The normalized spacial score (nSPS) is 24.2. The van der Waals surface area contributed by atoms with Crippen molar-refractivity contribution in [3.63, 3.8) is 0 Å². The van der Waals surface area contributed by atoms with E-state index in [-0.39, 0.29) is 12.0 Å². The number of rotatable bonds is 5. The Bertz CT molecular complexity index is 495. The molecule has 0 amide bonds. The molecular formula is C12H21N3O2S. The molecule has 0 spiro atoms. The topological polar surface area (TPSA) is 78.0 Å². The molecule has 18 heavy (non-hydrogen) atoms. The van der Waals surface area contributed by atoms with Crippen LogP contribution in [0.3, 0.4) is 0 Å². The molecule has 1 aliphatic heterocycles. The molecule has 2 atom stereocenters. The molecule has 2 N–H and O–H groups in total. The van der Waals surface area contributed by atoms with Crippen molar-refractivity contribution < 1.29 is 8.42 Å². The van der Waals surface area contributed by atoms with E-state index in [1.54, 1.807) is 6.20 Å². The van der Waals surface area contributed by atoms with Crippen LogP contribution in [0.1, 0.15) is 25.1 Å². The van der Waals surface area contributed by atoms with Gasteiger partial charge in [-0.05, 0) is 25.2 Å². The fraction of sp³-hybridized carbons (Fsp3) is 0.750. The minimum absolute atomic E-state index is 0.0694. The first-order chi connectivity index (χ1) is 8.46. The van der Waals surface area contributed by atoms with Crippen molar-refractivity contribution in [3.05, 3.63) is 18.2 Å². The third-order valence-corrected chi connectivity index (χ3v) is 5.46. The lowest BCUT2D eigenvalue weighted by molar-refractivity contribution is 0.448. The van der Waals surface area contributed by atoms with Crippen molar-refractivity contribution >= 4 is 9.84 Å². The van der Waals surface area contributed by atoms with Gasteiger partial charge >= 0.3 is 0 Å². The van der Waals surface area contributed by atoms with Gasteiger partial charge in [0.15, 0.2) is 9.84 Å². The van der Waals surface area contributed by atoms with Gasteiger partial charge in [-0.3, -0.25) is 0 Å². The van der Waals surface area contributed by atoms with Gasteiger partial charge in [-0.1, -0.05) is 0 Å². The van der Waals surface area contributed by atoms with Gasteiger partial charge in [0, 0.05) is 31.9 Å². The predicted molar refractivity (Wildman–Crippen MR) is 70.9 cm³/mol. The molecule has 5 nitrogen and oxygen atoms in total. The van der Waals surface area contributed by atoms with Crippen LogP contribution in [-0.4, -0.2) is 35.5 Å². The summed E-state index contributed by atoms with van der Waals surface area (Å²) >= 11 is 0. The van der Waals surface area contributed by atoms with Crippen molar-refractivity contribution in [2.45, 2.75) is 31.7 Å². The zero-order valence-corrected chi connectivity index (χ0v) is 11.6. The molecule has 1 fully saturated rings. The van der Waals surface area contributed by atoms with Gasteiger partial charge in [0.05, 0.1) is 11.5 Å². The summed E-state index contributed by atoms with van der Waals surface area (Å²) in [4.78, 5) is 4.25. The fourth-order valence-corrected chi connectivity index (χ4v) is 4.44. The smallest absolute Gasteiger partial charge is 0.150 e. The van der Waals surface area contributed by atoms with Crippen molar-refractivity contribution in [3.8, 4) is 0 Å². The van der Waals surface area contributed by atoms with Crippen molar-refractivity contribution in [1.82, 2.24) is 9.55 Å². The van der Waals surface area contributed by atoms with Crippen molar-refractivity contribution in [2.24, 2.45) is 18.7 Å². The Morgan fingerprint density at radius 2 is 2.39 bits per heavy atom. The molecular weight excluding hydrogens is 250 g/mol. The minimum atomic E-state index is -2.78. The molecule has 0 aromatic carbocycles. The van der Waals surface area contributed by atoms with Crippen LogP contribution < -0.4 is 5.73 Å². The first-order valence-corrected chi connectivity index (χ1v) is 8.20. The van der Waals surface area contributed by atoms with Crippen LogP contribution in [0, 0.1) is 5.92 Å². The maximum atomic E-state index is 11.4. The van der Waals surface area contributed by atoms with E-state index in [1.165, 1.54) is 0 Å². The van der Waals surface area contributed by atoms with Gasteiger partial charge in [-0.15, -0.1) is 0 Å². The third-order valence-electron chi connectivity index (χ3n) is 3.62. The Labute approximate surface area is 108 Å². The van der Waals surface area contributed by atoms with E-state index < -0.39 is 9.84 Å².